The van der Waals surface area contributed by atoms with Crippen LogP contribution in [0.2, 0.25) is 5.15 Å². The van der Waals surface area contributed by atoms with Crippen molar-refractivity contribution in [3.63, 3.8) is 0 Å². The molecule has 5 nitrogen and oxygen atoms in total. The van der Waals surface area contributed by atoms with Crippen molar-refractivity contribution in [2.45, 2.75) is 37.7 Å². The highest BCUT2D eigenvalue weighted by atomic mass is 35.5. The number of ether oxygens (including phenoxy) is 1. The van der Waals surface area contributed by atoms with Crippen LogP contribution in [0.5, 0.6) is 0 Å². The molecule has 0 unspecified atom stereocenters. The first kappa shape index (κ1) is 13.9. The molecule has 20 heavy (non-hydrogen) atoms. The molecular formula is C14H21ClN4O. The number of hydrogen-bond donors (Lipinski definition) is 1. The third-order valence-electron chi connectivity index (χ3n) is 4.34. The number of rotatable bonds is 2. The lowest BCUT2D eigenvalue weighted by molar-refractivity contribution is -0.0783. The van der Waals surface area contributed by atoms with E-state index in [2.05, 4.69) is 20.2 Å². The predicted octanol–water partition coefficient (Wildman–Crippen LogP) is 2.71. The van der Waals surface area contributed by atoms with Gasteiger partial charge in [-0.3, -0.25) is 0 Å². The molecule has 2 fully saturated rings. The summed E-state index contributed by atoms with van der Waals surface area (Å²) < 4.78 is 6.12. The van der Waals surface area contributed by atoms with Crippen molar-refractivity contribution in [3.8, 4) is 0 Å². The summed E-state index contributed by atoms with van der Waals surface area (Å²) in [5.74, 6) is 0.890. The number of nitrogens with zero attached hydrogens (tertiary/aromatic N) is 3. The van der Waals surface area contributed by atoms with Gasteiger partial charge in [-0.15, -0.1) is 0 Å². The Morgan fingerprint density at radius 2 is 2.10 bits per heavy atom. The lowest BCUT2D eigenvalue weighted by Gasteiger charge is -2.45. The van der Waals surface area contributed by atoms with E-state index in [4.69, 9.17) is 16.3 Å². The van der Waals surface area contributed by atoms with Gasteiger partial charge in [0.1, 0.15) is 12.0 Å². The SMILES string of the molecule is CNc1c(Cl)ncnc1N1CCOC2(CCCCC2)C1. The molecule has 1 spiro atoms. The summed E-state index contributed by atoms with van der Waals surface area (Å²) in [5.41, 5.74) is 0.820. The Hall–Kier alpha value is -1.07. The Morgan fingerprint density at radius 3 is 2.85 bits per heavy atom. The van der Waals surface area contributed by atoms with Gasteiger partial charge in [0.15, 0.2) is 11.0 Å². The maximum atomic E-state index is 6.15. The molecule has 3 rings (SSSR count). The molecular weight excluding hydrogens is 276 g/mol. The second-order valence-electron chi connectivity index (χ2n) is 5.63. The van der Waals surface area contributed by atoms with Crippen molar-refractivity contribution in [1.29, 1.82) is 0 Å². The Morgan fingerprint density at radius 1 is 1.30 bits per heavy atom. The maximum Gasteiger partial charge on any atom is 0.157 e. The van der Waals surface area contributed by atoms with Gasteiger partial charge in [-0.1, -0.05) is 30.9 Å². The molecule has 0 aromatic carbocycles. The summed E-state index contributed by atoms with van der Waals surface area (Å²) in [5, 5.41) is 3.59. The number of morpholine rings is 1. The zero-order chi connectivity index (χ0) is 14.0. The topological polar surface area (TPSA) is 50.3 Å². The fourth-order valence-corrected chi connectivity index (χ4v) is 3.56. The Balaban J connectivity index is 1.85. The first-order valence-electron chi connectivity index (χ1n) is 7.31. The first-order chi connectivity index (χ1) is 9.74. The molecule has 1 saturated heterocycles. The van der Waals surface area contributed by atoms with E-state index in [0.717, 1.165) is 44.0 Å². The van der Waals surface area contributed by atoms with Crippen LogP contribution in [0.25, 0.3) is 0 Å². The van der Waals surface area contributed by atoms with Gasteiger partial charge in [0, 0.05) is 20.1 Å². The zero-order valence-electron chi connectivity index (χ0n) is 11.9. The number of hydrogen-bond acceptors (Lipinski definition) is 5. The normalized spacial score (nSPS) is 22.0. The van der Waals surface area contributed by atoms with Gasteiger partial charge in [0.05, 0.1) is 12.2 Å². The summed E-state index contributed by atoms with van der Waals surface area (Å²) in [6, 6.07) is 0. The summed E-state index contributed by atoms with van der Waals surface area (Å²) in [4.78, 5) is 10.8. The molecule has 110 valence electrons. The second kappa shape index (κ2) is 5.74. The van der Waals surface area contributed by atoms with Gasteiger partial charge < -0.3 is 15.0 Å². The minimum absolute atomic E-state index is 0.0128. The average Bonchev–Trinajstić information content (AvgIpc) is 2.48. The van der Waals surface area contributed by atoms with Crippen molar-refractivity contribution in [2.75, 3.05) is 37.0 Å². The summed E-state index contributed by atoms with van der Waals surface area (Å²) in [7, 11) is 1.85. The molecule has 0 radical (unpaired) electrons. The molecule has 0 amide bonds. The largest absolute Gasteiger partial charge is 0.383 e. The van der Waals surface area contributed by atoms with Crippen molar-refractivity contribution in [2.24, 2.45) is 0 Å². The highest BCUT2D eigenvalue weighted by Crippen LogP contribution is 2.37. The first-order valence-corrected chi connectivity index (χ1v) is 7.69. The van der Waals surface area contributed by atoms with Crippen molar-refractivity contribution < 1.29 is 4.74 Å². The summed E-state index contributed by atoms with van der Waals surface area (Å²) in [6.45, 7) is 2.50. The lowest BCUT2D eigenvalue weighted by Crippen LogP contribution is -2.53. The third-order valence-corrected chi connectivity index (χ3v) is 4.63. The Bertz CT molecular complexity index is 471. The molecule has 1 aliphatic carbocycles. The Labute approximate surface area is 124 Å². The van der Waals surface area contributed by atoms with Crippen molar-refractivity contribution in [1.82, 2.24) is 9.97 Å². The van der Waals surface area contributed by atoms with Crippen LogP contribution in [-0.4, -0.2) is 42.3 Å². The van der Waals surface area contributed by atoms with Gasteiger partial charge in [-0.2, -0.15) is 0 Å². The minimum atomic E-state index is 0.0128. The van der Waals surface area contributed by atoms with Crippen LogP contribution >= 0.6 is 11.6 Å². The molecule has 0 atom stereocenters. The summed E-state index contributed by atoms with van der Waals surface area (Å²) in [6.07, 6.45) is 7.68. The highest BCUT2D eigenvalue weighted by molar-refractivity contribution is 6.32. The Kier molecular flexibility index (Phi) is 3.98. The molecule has 6 heteroatoms. The average molecular weight is 297 g/mol. The smallest absolute Gasteiger partial charge is 0.157 e. The lowest BCUT2D eigenvalue weighted by atomic mass is 9.83. The van der Waals surface area contributed by atoms with Crippen LogP contribution < -0.4 is 10.2 Å². The van der Waals surface area contributed by atoms with E-state index in [0.29, 0.717) is 5.15 Å². The molecule has 1 aliphatic heterocycles. The molecule has 1 aromatic heterocycles. The molecule has 1 N–H and O–H groups in total. The summed E-state index contributed by atoms with van der Waals surface area (Å²) >= 11 is 6.15. The van der Waals surface area contributed by atoms with Crippen molar-refractivity contribution in [3.05, 3.63) is 11.5 Å². The molecule has 1 saturated carbocycles. The highest BCUT2D eigenvalue weighted by Gasteiger charge is 2.38. The van der Waals surface area contributed by atoms with Gasteiger partial charge >= 0.3 is 0 Å². The van der Waals surface area contributed by atoms with Gasteiger partial charge in [0.25, 0.3) is 0 Å². The number of nitrogens with one attached hydrogen (secondary N) is 1. The van der Waals surface area contributed by atoms with Gasteiger partial charge in [-0.25, -0.2) is 9.97 Å². The van der Waals surface area contributed by atoms with Crippen LogP contribution in [0, 0.1) is 0 Å². The standard InChI is InChI=1S/C14H21ClN4O/c1-16-11-12(15)17-10-18-13(11)19-7-8-20-14(9-19)5-3-2-4-6-14/h10,16H,2-9H2,1H3. The van der Waals surface area contributed by atoms with Crippen LogP contribution in [0.1, 0.15) is 32.1 Å². The maximum absolute atomic E-state index is 6.15. The quantitative estimate of drug-likeness (QED) is 0.851. The fraction of sp³-hybridized carbons (Fsp3) is 0.714. The van der Waals surface area contributed by atoms with Gasteiger partial charge in [-0.05, 0) is 12.8 Å². The second-order valence-corrected chi connectivity index (χ2v) is 5.98. The van der Waals surface area contributed by atoms with Crippen LogP contribution in [-0.2, 0) is 4.74 Å². The number of anilines is 2. The third kappa shape index (κ3) is 2.56. The van der Waals surface area contributed by atoms with E-state index in [-0.39, 0.29) is 5.60 Å². The zero-order valence-corrected chi connectivity index (χ0v) is 12.6. The van der Waals surface area contributed by atoms with E-state index in [9.17, 15) is 0 Å². The monoisotopic (exact) mass is 296 g/mol. The number of aromatic nitrogens is 2. The van der Waals surface area contributed by atoms with Gasteiger partial charge in [0.2, 0.25) is 0 Å². The number of halogens is 1. The molecule has 2 aliphatic rings. The molecule has 2 heterocycles. The minimum Gasteiger partial charge on any atom is -0.383 e. The van der Waals surface area contributed by atoms with Crippen molar-refractivity contribution >= 4 is 23.1 Å². The van der Waals surface area contributed by atoms with Crippen LogP contribution in [0.15, 0.2) is 6.33 Å². The fourth-order valence-electron chi connectivity index (χ4n) is 3.33. The molecule has 0 bridgehead atoms. The van der Waals surface area contributed by atoms with Crippen LogP contribution in [0.4, 0.5) is 11.5 Å². The predicted molar refractivity (Wildman–Crippen MR) is 80.6 cm³/mol. The molecule has 1 aromatic rings. The van der Waals surface area contributed by atoms with E-state index in [1.165, 1.54) is 25.6 Å². The van der Waals surface area contributed by atoms with E-state index in [1.54, 1.807) is 0 Å². The van der Waals surface area contributed by atoms with E-state index in [1.807, 2.05) is 7.05 Å². The van der Waals surface area contributed by atoms with E-state index < -0.39 is 0 Å². The van der Waals surface area contributed by atoms with Crippen LogP contribution in [0.3, 0.4) is 0 Å². The van der Waals surface area contributed by atoms with E-state index >= 15 is 0 Å².